The fourth-order valence-electron chi connectivity index (χ4n) is 3.55. The molecule has 5 nitrogen and oxygen atoms in total. The third-order valence-electron chi connectivity index (χ3n) is 5.01. The molecule has 4 aromatic rings. The first-order chi connectivity index (χ1) is 15.3. The molecule has 2 aromatic carbocycles. The summed E-state index contributed by atoms with van der Waals surface area (Å²) in [6, 6.07) is 17.0. The Morgan fingerprint density at radius 3 is 2.23 bits per heavy atom. The van der Waals surface area contributed by atoms with Gasteiger partial charge in [0.25, 0.3) is 0 Å². The maximum atomic E-state index is 4.65. The van der Waals surface area contributed by atoms with Gasteiger partial charge in [0, 0.05) is 7.11 Å². The van der Waals surface area contributed by atoms with Crippen LogP contribution in [0, 0.1) is 5.92 Å². The van der Waals surface area contributed by atoms with Gasteiger partial charge in [0.15, 0.2) is 5.13 Å². The van der Waals surface area contributed by atoms with E-state index < -0.39 is 0 Å². The number of fused-ring (bicyclic) bond motifs is 1. The number of nitrogens with zero attached hydrogens (tertiary/aromatic N) is 4. The molecule has 168 valence electrons. The molecule has 0 fully saturated rings. The van der Waals surface area contributed by atoms with Crippen LogP contribution >= 0.6 is 11.3 Å². The molecule has 0 aliphatic carbocycles. The highest BCUT2D eigenvalue weighted by molar-refractivity contribution is 7.22. The van der Waals surface area contributed by atoms with E-state index in [9.17, 15) is 0 Å². The summed E-state index contributed by atoms with van der Waals surface area (Å²) in [6.45, 7) is 12.5. The molecule has 0 radical (unpaired) electrons. The number of thiazole rings is 1. The smallest absolute Gasteiger partial charge is 0.188 e. The molecule has 4 rings (SSSR count). The monoisotopic (exact) mass is 439 g/mol. The van der Waals surface area contributed by atoms with E-state index in [1.807, 2.05) is 56.9 Å². The second-order valence-corrected chi connectivity index (χ2v) is 7.66. The van der Waals surface area contributed by atoms with E-state index in [4.69, 9.17) is 0 Å². The van der Waals surface area contributed by atoms with Gasteiger partial charge in [-0.2, -0.15) is 5.10 Å². The third kappa shape index (κ3) is 6.14. The molecule has 0 saturated carbocycles. The van der Waals surface area contributed by atoms with Crippen molar-refractivity contribution < 1.29 is 1.43 Å². The molecular weight excluding hydrogens is 402 g/mol. The SMILES string of the molecule is CC.CC.CCC(CC)C(c1ccc(Nc2nc3ccccc3s2)cc1)n1cncn1.[HH]. The summed E-state index contributed by atoms with van der Waals surface area (Å²) >= 11 is 1.67. The molecule has 2 aromatic heterocycles. The van der Waals surface area contributed by atoms with Crippen LogP contribution in [-0.2, 0) is 0 Å². The largest absolute Gasteiger partial charge is 0.332 e. The molecule has 1 N–H and O–H groups in total. The number of benzene rings is 2. The summed E-state index contributed by atoms with van der Waals surface area (Å²) in [5.74, 6) is 0.523. The first-order valence-electron chi connectivity index (χ1n) is 11.3. The minimum Gasteiger partial charge on any atom is -0.332 e. The van der Waals surface area contributed by atoms with E-state index in [0.29, 0.717) is 5.92 Å². The summed E-state index contributed by atoms with van der Waals surface area (Å²) in [6.07, 6.45) is 5.63. The molecule has 0 aliphatic heterocycles. The molecule has 1 atom stereocenters. The maximum absolute atomic E-state index is 4.65. The zero-order valence-corrected chi connectivity index (χ0v) is 20.4. The van der Waals surface area contributed by atoms with Crippen molar-refractivity contribution in [1.29, 1.82) is 0 Å². The number of hydrogen-bond acceptors (Lipinski definition) is 5. The first kappa shape index (κ1) is 24.5. The number of anilines is 2. The van der Waals surface area contributed by atoms with Crippen molar-refractivity contribution in [2.24, 2.45) is 5.92 Å². The van der Waals surface area contributed by atoms with Gasteiger partial charge in [-0.25, -0.2) is 14.6 Å². The van der Waals surface area contributed by atoms with E-state index >= 15 is 0 Å². The van der Waals surface area contributed by atoms with E-state index in [-0.39, 0.29) is 7.47 Å². The van der Waals surface area contributed by atoms with E-state index in [0.717, 1.165) is 29.2 Å². The van der Waals surface area contributed by atoms with Gasteiger partial charge in [-0.3, -0.25) is 0 Å². The number of rotatable bonds is 7. The van der Waals surface area contributed by atoms with E-state index in [1.54, 1.807) is 17.7 Å². The molecule has 2 heterocycles. The summed E-state index contributed by atoms with van der Waals surface area (Å²) in [5, 5.41) is 8.74. The van der Waals surface area contributed by atoms with Crippen LogP contribution in [0.3, 0.4) is 0 Å². The van der Waals surface area contributed by atoms with E-state index in [1.165, 1.54) is 10.3 Å². The lowest BCUT2D eigenvalue weighted by molar-refractivity contribution is 0.332. The van der Waals surface area contributed by atoms with Gasteiger partial charge < -0.3 is 5.32 Å². The van der Waals surface area contributed by atoms with Gasteiger partial charge in [-0.15, -0.1) is 0 Å². The lowest BCUT2D eigenvalue weighted by Crippen LogP contribution is -2.20. The van der Waals surface area contributed by atoms with Crippen molar-refractivity contribution >= 4 is 32.4 Å². The maximum Gasteiger partial charge on any atom is 0.188 e. The van der Waals surface area contributed by atoms with Gasteiger partial charge in [0.2, 0.25) is 0 Å². The Morgan fingerprint density at radius 1 is 0.968 bits per heavy atom. The van der Waals surface area contributed by atoms with Crippen molar-refractivity contribution in [2.75, 3.05) is 5.32 Å². The van der Waals surface area contributed by atoms with Crippen molar-refractivity contribution in [3.8, 4) is 0 Å². The standard InChI is InChI=1S/C21H23N5S.2C2H6.H2/c1-3-15(4-2)20(26-14-22-13-23-26)16-9-11-17(12-10-16)24-21-25-18-7-5-6-8-19(18)27-21;2*1-2;/h5-15,20H,3-4H2,1-2H3,(H,24,25);2*1-2H3;1H. The molecule has 0 bridgehead atoms. The summed E-state index contributed by atoms with van der Waals surface area (Å²) in [4.78, 5) is 8.79. The fraction of sp³-hybridized carbons (Fsp3) is 0.400. The lowest BCUT2D eigenvalue weighted by Gasteiger charge is -2.26. The average molecular weight is 440 g/mol. The number of hydrogen-bond donors (Lipinski definition) is 1. The van der Waals surface area contributed by atoms with E-state index in [2.05, 4.69) is 64.6 Å². The van der Waals surface area contributed by atoms with Crippen LogP contribution in [0.25, 0.3) is 10.2 Å². The molecule has 31 heavy (non-hydrogen) atoms. The predicted molar refractivity (Wildman–Crippen MR) is 136 cm³/mol. The summed E-state index contributed by atoms with van der Waals surface area (Å²) in [5.41, 5.74) is 3.32. The zero-order chi connectivity index (χ0) is 22.6. The highest BCUT2D eigenvalue weighted by atomic mass is 32.1. The van der Waals surface area contributed by atoms with Crippen LogP contribution in [0.4, 0.5) is 10.8 Å². The molecule has 0 amide bonds. The highest BCUT2D eigenvalue weighted by Crippen LogP contribution is 2.32. The van der Waals surface area contributed by atoms with Crippen LogP contribution in [-0.4, -0.2) is 19.7 Å². The topological polar surface area (TPSA) is 55.6 Å². The van der Waals surface area contributed by atoms with Crippen molar-refractivity contribution in [3.05, 3.63) is 66.7 Å². The van der Waals surface area contributed by atoms with Gasteiger partial charge in [-0.05, 0) is 35.7 Å². The number of para-hydroxylation sites is 1. The van der Waals surface area contributed by atoms with Crippen LogP contribution in [0.15, 0.2) is 61.2 Å². The van der Waals surface area contributed by atoms with Crippen LogP contribution in [0.2, 0.25) is 0 Å². The number of nitrogens with one attached hydrogen (secondary N) is 1. The summed E-state index contributed by atoms with van der Waals surface area (Å²) in [7, 11) is 0. The highest BCUT2D eigenvalue weighted by Gasteiger charge is 2.23. The lowest BCUT2D eigenvalue weighted by atomic mass is 9.89. The first-order valence-corrected chi connectivity index (χ1v) is 12.2. The van der Waals surface area contributed by atoms with Crippen LogP contribution < -0.4 is 5.32 Å². The predicted octanol–water partition coefficient (Wildman–Crippen LogP) is 7.96. The normalized spacial score (nSPS) is 11.3. The van der Waals surface area contributed by atoms with Gasteiger partial charge in [0.1, 0.15) is 12.7 Å². The quantitative estimate of drug-likeness (QED) is 0.317. The molecule has 0 aliphatic rings. The van der Waals surface area contributed by atoms with Crippen molar-refractivity contribution in [3.63, 3.8) is 0 Å². The van der Waals surface area contributed by atoms with Crippen LogP contribution in [0.1, 0.15) is 67.4 Å². The molecule has 0 spiro atoms. The minimum atomic E-state index is 0. The average Bonchev–Trinajstić information content (AvgIpc) is 3.50. The Balaban J connectivity index is 0.000000971. The molecular formula is C25H37N5S. The van der Waals surface area contributed by atoms with Crippen molar-refractivity contribution in [2.45, 2.75) is 60.4 Å². The Hall–Kier alpha value is -2.73. The summed E-state index contributed by atoms with van der Waals surface area (Å²) < 4.78 is 3.17. The Kier molecular flexibility index (Phi) is 10.2. The van der Waals surface area contributed by atoms with Gasteiger partial charge >= 0.3 is 0 Å². The Bertz CT molecular complexity index is 962. The molecule has 1 unspecified atom stereocenters. The second kappa shape index (κ2) is 12.8. The fourth-order valence-corrected chi connectivity index (χ4v) is 4.44. The Morgan fingerprint density at radius 2 is 1.65 bits per heavy atom. The van der Waals surface area contributed by atoms with Crippen LogP contribution in [0.5, 0.6) is 0 Å². The third-order valence-corrected chi connectivity index (χ3v) is 5.97. The molecule has 6 heteroatoms. The Labute approximate surface area is 192 Å². The van der Waals surface area contributed by atoms with Crippen molar-refractivity contribution in [1.82, 2.24) is 19.7 Å². The van der Waals surface area contributed by atoms with Gasteiger partial charge in [0.05, 0.1) is 16.3 Å². The zero-order valence-electron chi connectivity index (χ0n) is 19.5. The number of aromatic nitrogens is 4. The molecule has 0 saturated heterocycles. The van der Waals surface area contributed by atoms with Gasteiger partial charge in [-0.1, -0.05) is 90.0 Å². The minimum absolute atomic E-state index is 0. The second-order valence-electron chi connectivity index (χ2n) is 6.63.